The first-order valence-corrected chi connectivity index (χ1v) is 7.71. The van der Waals surface area contributed by atoms with Crippen molar-refractivity contribution in [3.63, 3.8) is 0 Å². The number of carbonyl (C=O) groups is 1. The molecular formula is C13H19NO6S. The molecule has 8 heteroatoms. The van der Waals surface area contributed by atoms with E-state index in [1.165, 1.54) is 20.3 Å². The fraction of sp³-hybridized carbons (Fsp3) is 0.462. The van der Waals surface area contributed by atoms with Crippen molar-refractivity contribution in [2.24, 2.45) is 11.1 Å². The molecule has 0 atom stereocenters. The van der Waals surface area contributed by atoms with Crippen molar-refractivity contribution in [1.29, 1.82) is 0 Å². The number of nitrogens with two attached hydrogens (primary N) is 1. The number of carbonyl (C=O) groups excluding carboxylic acids is 1. The van der Waals surface area contributed by atoms with Crippen LogP contribution in [0.1, 0.15) is 24.2 Å². The van der Waals surface area contributed by atoms with Crippen molar-refractivity contribution in [2.45, 2.75) is 18.7 Å². The van der Waals surface area contributed by atoms with Crippen molar-refractivity contribution in [3.8, 4) is 11.5 Å². The van der Waals surface area contributed by atoms with Gasteiger partial charge in [0.15, 0.2) is 11.5 Å². The summed E-state index contributed by atoms with van der Waals surface area (Å²) in [7, 11) is -1.47. The predicted octanol–water partition coefficient (Wildman–Crippen LogP) is 1.16. The third kappa shape index (κ3) is 4.33. The molecule has 1 aromatic carbocycles. The Kier molecular flexibility index (Phi) is 5.56. The van der Waals surface area contributed by atoms with E-state index >= 15 is 0 Å². The summed E-state index contributed by atoms with van der Waals surface area (Å²) in [4.78, 5) is 11.6. The summed E-state index contributed by atoms with van der Waals surface area (Å²) in [5.74, 6) is -0.470. The topological polar surface area (TPSA) is 105 Å². The average molecular weight is 317 g/mol. The molecule has 0 radical (unpaired) electrons. The second-order valence-electron chi connectivity index (χ2n) is 4.75. The van der Waals surface area contributed by atoms with E-state index in [0.29, 0.717) is 0 Å². The van der Waals surface area contributed by atoms with Crippen molar-refractivity contribution in [1.82, 2.24) is 0 Å². The third-order valence-electron chi connectivity index (χ3n) is 2.53. The van der Waals surface area contributed by atoms with Gasteiger partial charge in [0.2, 0.25) is 10.0 Å². The molecule has 1 rings (SSSR count). The molecule has 1 aromatic rings. The number of methoxy groups -OCH3 is 2. The second kappa shape index (κ2) is 6.77. The summed E-state index contributed by atoms with van der Waals surface area (Å²) >= 11 is 0. The highest BCUT2D eigenvalue weighted by atomic mass is 32.2. The minimum absolute atomic E-state index is 0.0253. The van der Waals surface area contributed by atoms with Crippen LogP contribution in [0.5, 0.6) is 11.5 Å². The molecule has 0 aliphatic carbocycles. The van der Waals surface area contributed by atoms with Gasteiger partial charge in [-0.05, 0) is 18.1 Å². The number of hydrogen-bond donors (Lipinski definition) is 1. The largest absolute Gasteiger partial charge is 0.493 e. The molecule has 2 N–H and O–H groups in total. The predicted molar refractivity (Wildman–Crippen MR) is 76.0 cm³/mol. The number of hydrogen-bond acceptors (Lipinski definition) is 6. The Morgan fingerprint density at radius 1 is 1.24 bits per heavy atom. The lowest BCUT2D eigenvalue weighted by Crippen LogP contribution is -2.16. The quantitative estimate of drug-likeness (QED) is 0.789. The van der Waals surface area contributed by atoms with E-state index in [4.69, 9.17) is 19.3 Å². The van der Waals surface area contributed by atoms with Gasteiger partial charge in [0, 0.05) is 0 Å². The number of esters is 1. The van der Waals surface area contributed by atoms with E-state index in [9.17, 15) is 13.2 Å². The molecule has 0 aromatic heterocycles. The van der Waals surface area contributed by atoms with Gasteiger partial charge in [-0.25, -0.2) is 18.4 Å². The first kappa shape index (κ1) is 17.3. The standard InChI is InChI=1S/C13H19NO6S/c1-8(2)7-20-13(15)9-5-10(18-3)12(19-4)11(6-9)21(14,16)17/h5-6,8H,7H2,1-4H3,(H2,14,16,17). The maximum atomic E-state index is 11.9. The van der Waals surface area contributed by atoms with E-state index in [1.54, 1.807) is 0 Å². The van der Waals surface area contributed by atoms with E-state index in [2.05, 4.69) is 0 Å². The van der Waals surface area contributed by atoms with Gasteiger partial charge in [0.05, 0.1) is 26.4 Å². The average Bonchev–Trinajstić information content (AvgIpc) is 2.41. The summed E-state index contributed by atoms with van der Waals surface area (Å²) in [6.07, 6.45) is 0. The van der Waals surface area contributed by atoms with Gasteiger partial charge in [-0.1, -0.05) is 13.8 Å². The monoisotopic (exact) mass is 317 g/mol. The Morgan fingerprint density at radius 2 is 1.86 bits per heavy atom. The molecule has 0 saturated carbocycles. The molecule has 21 heavy (non-hydrogen) atoms. The minimum atomic E-state index is -4.08. The molecule has 0 unspecified atom stereocenters. The van der Waals surface area contributed by atoms with Gasteiger partial charge >= 0.3 is 5.97 Å². The highest BCUT2D eigenvalue weighted by Crippen LogP contribution is 2.35. The molecule has 118 valence electrons. The van der Waals surface area contributed by atoms with Crippen LogP contribution in [0.15, 0.2) is 17.0 Å². The Balaban J connectivity index is 3.33. The highest BCUT2D eigenvalue weighted by Gasteiger charge is 2.23. The van der Waals surface area contributed by atoms with Crippen molar-refractivity contribution < 1.29 is 27.4 Å². The van der Waals surface area contributed by atoms with E-state index in [-0.39, 0.29) is 34.5 Å². The number of benzene rings is 1. The number of primary sulfonamides is 1. The van der Waals surface area contributed by atoms with Crippen LogP contribution in [0.25, 0.3) is 0 Å². The Labute approximate surface area is 124 Å². The maximum Gasteiger partial charge on any atom is 0.338 e. The maximum absolute atomic E-state index is 11.9. The summed E-state index contributed by atoms with van der Waals surface area (Å²) in [5.41, 5.74) is 0.0253. The molecular weight excluding hydrogens is 298 g/mol. The lowest BCUT2D eigenvalue weighted by atomic mass is 10.2. The van der Waals surface area contributed by atoms with Gasteiger partial charge in [-0.15, -0.1) is 0 Å². The summed E-state index contributed by atoms with van der Waals surface area (Å²) in [6.45, 7) is 3.99. The van der Waals surface area contributed by atoms with Crippen LogP contribution in [0, 0.1) is 5.92 Å². The van der Waals surface area contributed by atoms with Gasteiger partial charge in [-0.2, -0.15) is 0 Å². The Hall–Kier alpha value is -1.80. The molecule has 0 saturated heterocycles. The zero-order valence-corrected chi connectivity index (χ0v) is 13.2. The smallest absolute Gasteiger partial charge is 0.338 e. The molecule has 7 nitrogen and oxygen atoms in total. The van der Waals surface area contributed by atoms with Crippen LogP contribution in [-0.2, 0) is 14.8 Å². The minimum Gasteiger partial charge on any atom is -0.493 e. The van der Waals surface area contributed by atoms with Crippen LogP contribution in [0.4, 0.5) is 0 Å². The Morgan fingerprint density at radius 3 is 2.29 bits per heavy atom. The molecule has 0 aliphatic rings. The summed E-state index contributed by atoms with van der Waals surface area (Å²) in [6, 6.07) is 2.45. The fourth-order valence-corrected chi connectivity index (χ4v) is 2.32. The van der Waals surface area contributed by atoms with E-state index < -0.39 is 16.0 Å². The van der Waals surface area contributed by atoms with Crippen molar-refractivity contribution >= 4 is 16.0 Å². The number of sulfonamides is 1. The third-order valence-corrected chi connectivity index (χ3v) is 3.45. The van der Waals surface area contributed by atoms with Gasteiger partial charge in [0.25, 0.3) is 0 Å². The molecule has 0 bridgehead atoms. The molecule has 0 spiro atoms. The van der Waals surface area contributed by atoms with Crippen LogP contribution in [0.3, 0.4) is 0 Å². The molecule has 0 fully saturated rings. The van der Waals surface area contributed by atoms with Crippen molar-refractivity contribution in [2.75, 3.05) is 20.8 Å². The van der Waals surface area contributed by atoms with Crippen LogP contribution < -0.4 is 14.6 Å². The molecule has 0 amide bonds. The van der Waals surface area contributed by atoms with Gasteiger partial charge in [0.1, 0.15) is 4.90 Å². The SMILES string of the molecule is COc1cc(C(=O)OCC(C)C)cc(S(N)(=O)=O)c1OC. The van der Waals surface area contributed by atoms with Crippen LogP contribution >= 0.6 is 0 Å². The van der Waals surface area contributed by atoms with Crippen molar-refractivity contribution in [3.05, 3.63) is 17.7 Å². The normalized spacial score (nSPS) is 11.3. The lowest BCUT2D eigenvalue weighted by molar-refractivity contribution is 0.0458. The fourth-order valence-electron chi connectivity index (χ4n) is 1.58. The van der Waals surface area contributed by atoms with Gasteiger partial charge in [-0.3, -0.25) is 0 Å². The number of ether oxygens (including phenoxy) is 3. The van der Waals surface area contributed by atoms with Crippen LogP contribution in [0.2, 0.25) is 0 Å². The highest BCUT2D eigenvalue weighted by molar-refractivity contribution is 7.89. The first-order chi connectivity index (χ1) is 9.70. The second-order valence-corrected chi connectivity index (χ2v) is 6.28. The lowest BCUT2D eigenvalue weighted by Gasteiger charge is -2.14. The zero-order valence-electron chi connectivity index (χ0n) is 12.4. The van der Waals surface area contributed by atoms with Crippen LogP contribution in [-0.4, -0.2) is 35.2 Å². The molecule has 0 aliphatic heterocycles. The van der Waals surface area contributed by atoms with Gasteiger partial charge < -0.3 is 14.2 Å². The molecule has 0 heterocycles. The summed E-state index contributed by atoms with van der Waals surface area (Å²) in [5, 5.41) is 5.13. The Bertz CT molecular complexity index is 624. The summed E-state index contributed by atoms with van der Waals surface area (Å²) < 4.78 is 38.3. The number of rotatable bonds is 6. The first-order valence-electron chi connectivity index (χ1n) is 6.16. The van der Waals surface area contributed by atoms with E-state index in [0.717, 1.165) is 6.07 Å². The zero-order chi connectivity index (χ0) is 16.2. The van der Waals surface area contributed by atoms with E-state index in [1.807, 2.05) is 13.8 Å².